The zero-order valence-electron chi connectivity index (χ0n) is 12.7. The smallest absolute Gasteiger partial charge is 0.168 e. The third-order valence-electron chi connectivity index (χ3n) is 3.62. The number of hydrogen-bond acceptors (Lipinski definition) is 3. The number of benzene rings is 1. The summed E-state index contributed by atoms with van der Waals surface area (Å²) in [6, 6.07) is 8.39. The second kappa shape index (κ2) is 6.22. The molecule has 22 heavy (non-hydrogen) atoms. The Morgan fingerprint density at radius 1 is 1.41 bits per heavy atom. The number of furan rings is 1. The van der Waals surface area contributed by atoms with Crippen molar-refractivity contribution in [3.8, 4) is 5.75 Å². The lowest BCUT2D eigenvalue weighted by Crippen LogP contribution is -2.28. The van der Waals surface area contributed by atoms with Crippen molar-refractivity contribution in [1.29, 1.82) is 0 Å². The summed E-state index contributed by atoms with van der Waals surface area (Å²) in [5.74, 6) is 1.75. The molecule has 0 bridgehead atoms. The van der Waals surface area contributed by atoms with Crippen LogP contribution in [0.1, 0.15) is 37.1 Å². The molecule has 1 saturated carbocycles. The average molecular weight is 302 g/mol. The fourth-order valence-electron chi connectivity index (χ4n) is 2.30. The van der Waals surface area contributed by atoms with Crippen LogP contribution in [0, 0.1) is 5.82 Å². The highest BCUT2D eigenvalue weighted by atomic mass is 19.1. The minimum absolute atomic E-state index is 0.159. The molecule has 2 aromatic rings. The molecule has 0 amide bonds. The van der Waals surface area contributed by atoms with Crippen molar-refractivity contribution in [3.63, 3.8) is 0 Å². The summed E-state index contributed by atoms with van der Waals surface area (Å²) in [4.78, 5) is 4.65. The van der Waals surface area contributed by atoms with E-state index in [1.807, 2.05) is 19.1 Å². The van der Waals surface area contributed by atoms with Crippen LogP contribution in [-0.4, -0.2) is 19.0 Å². The van der Waals surface area contributed by atoms with Gasteiger partial charge in [0.15, 0.2) is 11.6 Å². The number of hydrogen-bond donors (Lipinski definition) is 1. The lowest BCUT2D eigenvalue weighted by Gasteiger charge is -2.19. The number of methoxy groups -OCH3 is 1. The van der Waals surface area contributed by atoms with E-state index in [1.165, 1.54) is 12.1 Å². The van der Waals surface area contributed by atoms with Gasteiger partial charge < -0.3 is 14.5 Å². The SMILES string of the molecule is COc1ccc(F)cc1[C@H](C)NC(=NC1CC1)c1ccco1. The number of nitrogens with one attached hydrogen (secondary N) is 1. The third-order valence-corrected chi connectivity index (χ3v) is 3.62. The maximum absolute atomic E-state index is 13.5. The third kappa shape index (κ3) is 3.30. The monoisotopic (exact) mass is 302 g/mol. The van der Waals surface area contributed by atoms with E-state index in [1.54, 1.807) is 19.4 Å². The van der Waals surface area contributed by atoms with Gasteiger partial charge in [-0.3, -0.25) is 4.99 Å². The first-order valence-electron chi connectivity index (χ1n) is 7.39. The molecule has 5 heteroatoms. The first-order chi connectivity index (χ1) is 10.7. The normalized spacial score (nSPS) is 16.4. The summed E-state index contributed by atoms with van der Waals surface area (Å²) in [7, 11) is 1.58. The maximum Gasteiger partial charge on any atom is 0.168 e. The van der Waals surface area contributed by atoms with Gasteiger partial charge in [0.1, 0.15) is 11.6 Å². The van der Waals surface area contributed by atoms with Crippen molar-refractivity contribution in [2.75, 3.05) is 7.11 Å². The van der Waals surface area contributed by atoms with Crippen molar-refractivity contribution >= 4 is 5.84 Å². The largest absolute Gasteiger partial charge is 0.496 e. The molecule has 1 N–H and O–H groups in total. The van der Waals surface area contributed by atoms with E-state index >= 15 is 0 Å². The minimum atomic E-state index is -0.289. The molecule has 1 fully saturated rings. The first-order valence-corrected chi connectivity index (χ1v) is 7.39. The molecule has 0 spiro atoms. The van der Waals surface area contributed by atoms with Crippen LogP contribution in [0.15, 0.2) is 46.0 Å². The fraction of sp³-hybridized carbons (Fsp3) is 0.353. The van der Waals surface area contributed by atoms with Gasteiger partial charge in [-0.1, -0.05) is 0 Å². The molecular weight excluding hydrogens is 283 g/mol. The highest BCUT2D eigenvalue weighted by Gasteiger charge is 2.23. The van der Waals surface area contributed by atoms with E-state index in [0.717, 1.165) is 18.4 Å². The standard InChI is InChI=1S/C17H19FN2O2/c1-11(14-10-12(18)5-8-15(14)21-2)19-17(20-13-6-7-13)16-4-3-9-22-16/h3-5,8-11,13H,6-7H2,1-2H3,(H,19,20)/t11-/m0/s1. The molecule has 1 aliphatic rings. The zero-order valence-corrected chi connectivity index (χ0v) is 12.7. The number of rotatable bonds is 5. The molecule has 0 saturated heterocycles. The summed E-state index contributed by atoms with van der Waals surface area (Å²) in [6.07, 6.45) is 3.82. The van der Waals surface area contributed by atoms with E-state index in [2.05, 4.69) is 10.3 Å². The van der Waals surface area contributed by atoms with Crippen molar-refractivity contribution in [2.24, 2.45) is 4.99 Å². The topological polar surface area (TPSA) is 46.8 Å². The van der Waals surface area contributed by atoms with E-state index < -0.39 is 0 Å². The van der Waals surface area contributed by atoms with Gasteiger partial charge in [0, 0.05) is 5.56 Å². The molecule has 116 valence electrons. The summed E-state index contributed by atoms with van der Waals surface area (Å²) < 4.78 is 24.3. The van der Waals surface area contributed by atoms with E-state index in [9.17, 15) is 4.39 Å². The molecule has 4 nitrogen and oxygen atoms in total. The zero-order chi connectivity index (χ0) is 15.5. The van der Waals surface area contributed by atoms with Gasteiger partial charge in [-0.05, 0) is 50.1 Å². The number of nitrogens with zero attached hydrogens (tertiary/aromatic N) is 1. The first kappa shape index (κ1) is 14.6. The number of halogens is 1. The van der Waals surface area contributed by atoms with E-state index in [4.69, 9.17) is 9.15 Å². The van der Waals surface area contributed by atoms with E-state index in [0.29, 0.717) is 23.4 Å². The van der Waals surface area contributed by atoms with Crippen molar-refractivity contribution in [3.05, 3.63) is 53.7 Å². The van der Waals surface area contributed by atoms with Gasteiger partial charge in [0.05, 0.1) is 25.5 Å². The summed E-state index contributed by atoms with van der Waals surface area (Å²) in [5.41, 5.74) is 0.748. The van der Waals surface area contributed by atoms with Crippen LogP contribution in [0.3, 0.4) is 0 Å². The highest BCUT2D eigenvalue weighted by molar-refractivity contribution is 5.96. The van der Waals surface area contributed by atoms with Crippen molar-refractivity contribution in [2.45, 2.75) is 31.8 Å². The molecule has 1 aliphatic carbocycles. The Hall–Kier alpha value is -2.30. The van der Waals surface area contributed by atoms with Gasteiger partial charge in [0.2, 0.25) is 0 Å². The van der Waals surface area contributed by atoms with Crippen LogP contribution >= 0.6 is 0 Å². The number of amidine groups is 1. The molecule has 1 aromatic carbocycles. The van der Waals surface area contributed by atoms with Crippen LogP contribution in [-0.2, 0) is 0 Å². The van der Waals surface area contributed by atoms with Crippen LogP contribution in [0.25, 0.3) is 0 Å². The van der Waals surface area contributed by atoms with Crippen LogP contribution < -0.4 is 10.1 Å². The lowest BCUT2D eigenvalue weighted by atomic mass is 10.1. The quantitative estimate of drug-likeness (QED) is 0.677. The van der Waals surface area contributed by atoms with Crippen LogP contribution in [0.4, 0.5) is 4.39 Å². The highest BCUT2D eigenvalue weighted by Crippen LogP contribution is 2.28. The van der Waals surface area contributed by atoms with Crippen molar-refractivity contribution in [1.82, 2.24) is 5.32 Å². The molecular formula is C17H19FN2O2. The Labute approximate surface area is 129 Å². The van der Waals surface area contributed by atoms with Crippen LogP contribution in [0.5, 0.6) is 5.75 Å². The van der Waals surface area contributed by atoms with Crippen LogP contribution in [0.2, 0.25) is 0 Å². The summed E-state index contributed by atoms with van der Waals surface area (Å²) in [6.45, 7) is 1.95. The Kier molecular flexibility index (Phi) is 4.13. The fourth-order valence-corrected chi connectivity index (χ4v) is 2.30. The molecule has 1 aromatic heterocycles. The molecule has 1 heterocycles. The second-order valence-corrected chi connectivity index (χ2v) is 5.44. The minimum Gasteiger partial charge on any atom is -0.496 e. The van der Waals surface area contributed by atoms with Gasteiger partial charge in [0.25, 0.3) is 0 Å². The van der Waals surface area contributed by atoms with Gasteiger partial charge in [-0.15, -0.1) is 0 Å². The molecule has 1 atom stereocenters. The van der Waals surface area contributed by atoms with Gasteiger partial charge in [-0.2, -0.15) is 0 Å². The Morgan fingerprint density at radius 2 is 2.23 bits per heavy atom. The summed E-state index contributed by atoms with van der Waals surface area (Å²) >= 11 is 0. The molecule has 0 radical (unpaired) electrons. The van der Waals surface area contributed by atoms with Crippen molar-refractivity contribution < 1.29 is 13.5 Å². The molecule has 3 rings (SSSR count). The number of ether oxygens (including phenoxy) is 1. The Morgan fingerprint density at radius 3 is 2.86 bits per heavy atom. The van der Waals surface area contributed by atoms with Gasteiger partial charge >= 0.3 is 0 Å². The average Bonchev–Trinajstić information content (AvgIpc) is 3.16. The predicted molar refractivity (Wildman–Crippen MR) is 82.8 cm³/mol. The Balaban J connectivity index is 1.85. The predicted octanol–water partition coefficient (Wildman–Crippen LogP) is 3.69. The maximum atomic E-state index is 13.5. The molecule has 0 unspecified atom stereocenters. The van der Waals surface area contributed by atoms with Gasteiger partial charge in [-0.25, -0.2) is 4.39 Å². The lowest BCUT2D eigenvalue weighted by molar-refractivity contribution is 0.403. The van der Waals surface area contributed by atoms with E-state index in [-0.39, 0.29) is 11.9 Å². The summed E-state index contributed by atoms with van der Waals surface area (Å²) in [5, 5.41) is 3.32. The second-order valence-electron chi connectivity index (χ2n) is 5.44. The Bertz CT molecular complexity index is 663. The molecule has 0 aliphatic heterocycles. The number of aliphatic imine (C=N–C) groups is 1.